The molecular formula is C17H21N3O2S. The fraction of sp³-hybridized carbons (Fsp3) is 0.412. The molecule has 0 saturated carbocycles. The fourth-order valence-corrected chi connectivity index (χ4v) is 3.52. The van der Waals surface area contributed by atoms with Crippen LogP contribution in [0.4, 0.5) is 0 Å². The summed E-state index contributed by atoms with van der Waals surface area (Å²) in [6.45, 7) is 6.14. The normalized spacial score (nSPS) is 15.7. The number of rotatable bonds is 4. The molecule has 1 saturated heterocycles. The molecule has 0 aliphatic carbocycles. The summed E-state index contributed by atoms with van der Waals surface area (Å²) in [5.74, 6) is 0.998. The topological polar surface area (TPSA) is 45.7 Å². The van der Waals surface area contributed by atoms with Crippen LogP contribution >= 0.6 is 11.3 Å². The molecular weight excluding hydrogens is 310 g/mol. The first-order valence-corrected chi connectivity index (χ1v) is 8.60. The smallest absolute Gasteiger partial charge is 0.265 e. The van der Waals surface area contributed by atoms with Gasteiger partial charge in [0.15, 0.2) is 0 Å². The molecule has 0 radical (unpaired) electrons. The molecule has 0 spiro atoms. The minimum Gasteiger partial charge on any atom is -0.497 e. The maximum Gasteiger partial charge on any atom is 0.265 e. The zero-order valence-corrected chi connectivity index (χ0v) is 14.3. The third kappa shape index (κ3) is 3.71. The van der Waals surface area contributed by atoms with Crippen LogP contribution < -0.4 is 4.74 Å². The van der Waals surface area contributed by atoms with E-state index < -0.39 is 0 Å². The van der Waals surface area contributed by atoms with E-state index >= 15 is 0 Å². The number of ether oxygens (including phenoxy) is 1. The first-order chi connectivity index (χ1) is 11.2. The van der Waals surface area contributed by atoms with Crippen LogP contribution in [0.5, 0.6) is 5.75 Å². The molecule has 3 rings (SSSR count). The van der Waals surface area contributed by atoms with E-state index in [1.807, 2.05) is 24.0 Å². The highest BCUT2D eigenvalue weighted by Crippen LogP contribution is 2.18. The number of hydrogen-bond acceptors (Lipinski definition) is 5. The van der Waals surface area contributed by atoms with Gasteiger partial charge in [-0.25, -0.2) is 4.98 Å². The lowest BCUT2D eigenvalue weighted by molar-refractivity contribution is 0.0632. The molecule has 5 nitrogen and oxygen atoms in total. The van der Waals surface area contributed by atoms with Gasteiger partial charge in [0.05, 0.1) is 18.3 Å². The molecule has 6 heteroatoms. The van der Waals surface area contributed by atoms with Crippen molar-refractivity contribution in [2.75, 3.05) is 33.3 Å². The first kappa shape index (κ1) is 16.0. The van der Waals surface area contributed by atoms with Gasteiger partial charge in [-0.15, -0.1) is 11.3 Å². The molecule has 122 valence electrons. The number of hydrogen-bond donors (Lipinski definition) is 0. The molecule has 0 bridgehead atoms. The Morgan fingerprint density at radius 3 is 2.48 bits per heavy atom. The molecule has 1 aliphatic rings. The highest BCUT2D eigenvalue weighted by molar-refractivity contribution is 7.11. The average Bonchev–Trinajstić information content (AvgIpc) is 3.02. The number of aromatic nitrogens is 1. The van der Waals surface area contributed by atoms with Crippen LogP contribution in [0.1, 0.15) is 20.9 Å². The third-order valence-corrected chi connectivity index (χ3v) is 5.08. The van der Waals surface area contributed by atoms with Crippen molar-refractivity contribution in [3.05, 3.63) is 45.9 Å². The number of aryl methyl sites for hydroxylation is 1. The Hall–Kier alpha value is -1.92. The number of carbonyl (C=O) groups is 1. The van der Waals surface area contributed by atoms with Crippen LogP contribution in [0.2, 0.25) is 0 Å². The van der Waals surface area contributed by atoms with Crippen molar-refractivity contribution in [1.29, 1.82) is 0 Å². The lowest BCUT2D eigenvalue weighted by Gasteiger charge is -2.34. The van der Waals surface area contributed by atoms with Crippen LogP contribution in [0.25, 0.3) is 0 Å². The Balaban J connectivity index is 1.54. The minimum absolute atomic E-state index is 0.120. The van der Waals surface area contributed by atoms with Gasteiger partial charge in [0.2, 0.25) is 0 Å². The predicted molar refractivity (Wildman–Crippen MR) is 91.0 cm³/mol. The van der Waals surface area contributed by atoms with E-state index in [1.165, 1.54) is 16.9 Å². The van der Waals surface area contributed by atoms with Crippen molar-refractivity contribution in [3.8, 4) is 5.75 Å². The van der Waals surface area contributed by atoms with E-state index in [-0.39, 0.29) is 5.91 Å². The van der Waals surface area contributed by atoms with Crippen LogP contribution in [0.15, 0.2) is 29.8 Å². The Bertz CT molecular complexity index is 661. The first-order valence-electron chi connectivity index (χ1n) is 7.72. The number of piperazine rings is 1. The summed E-state index contributed by atoms with van der Waals surface area (Å²) >= 11 is 1.43. The maximum atomic E-state index is 12.5. The summed E-state index contributed by atoms with van der Waals surface area (Å²) < 4.78 is 5.18. The number of methoxy groups -OCH3 is 1. The minimum atomic E-state index is 0.120. The van der Waals surface area contributed by atoms with Gasteiger partial charge in [-0.3, -0.25) is 9.69 Å². The number of amides is 1. The zero-order valence-electron chi connectivity index (χ0n) is 13.5. The van der Waals surface area contributed by atoms with Crippen LogP contribution in [-0.2, 0) is 6.54 Å². The maximum absolute atomic E-state index is 12.5. The summed E-state index contributed by atoms with van der Waals surface area (Å²) in [4.78, 5) is 21.7. The molecule has 1 amide bonds. The highest BCUT2D eigenvalue weighted by Gasteiger charge is 2.24. The fourth-order valence-electron chi connectivity index (χ4n) is 2.75. The summed E-state index contributed by atoms with van der Waals surface area (Å²) in [5.41, 5.74) is 3.84. The van der Waals surface area contributed by atoms with Crippen LogP contribution in [0, 0.1) is 6.92 Å². The summed E-state index contributed by atoms with van der Waals surface area (Å²) in [6, 6.07) is 8.16. The monoisotopic (exact) mass is 331 g/mol. The van der Waals surface area contributed by atoms with Gasteiger partial charge < -0.3 is 9.64 Å². The molecule has 23 heavy (non-hydrogen) atoms. The van der Waals surface area contributed by atoms with Gasteiger partial charge in [-0.1, -0.05) is 12.1 Å². The van der Waals surface area contributed by atoms with Crippen LogP contribution in [0.3, 0.4) is 0 Å². The molecule has 2 aromatic rings. The lowest BCUT2D eigenvalue weighted by Crippen LogP contribution is -2.48. The number of nitrogens with zero attached hydrogens (tertiary/aromatic N) is 3. The number of carbonyl (C=O) groups excluding carboxylic acids is 1. The largest absolute Gasteiger partial charge is 0.497 e. The Kier molecular flexibility index (Phi) is 4.93. The van der Waals surface area contributed by atoms with Gasteiger partial charge in [-0.2, -0.15) is 0 Å². The molecule has 2 heterocycles. The van der Waals surface area contributed by atoms with Gasteiger partial charge >= 0.3 is 0 Å². The van der Waals surface area contributed by atoms with E-state index in [4.69, 9.17) is 4.74 Å². The van der Waals surface area contributed by atoms with Crippen molar-refractivity contribution in [2.45, 2.75) is 13.5 Å². The van der Waals surface area contributed by atoms with Gasteiger partial charge in [0.1, 0.15) is 10.6 Å². The molecule has 0 N–H and O–H groups in total. The van der Waals surface area contributed by atoms with E-state index in [2.05, 4.69) is 22.0 Å². The molecule has 0 unspecified atom stereocenters. The SMILES string of the molecule is COc1ccc(CN2CCN(C(=O)c3scnc3C)CC2)cc1. The van der Waals surface area contributed by atoms with E-state index in [0.717, 1.165) is 49.0 Å². The highest BCUT2D eigenvalue weighted by atomic mass is 32.1. The summed E-state index contributed by atoms with van der Waals surface area (Å²) in [5, 5.41) is 0. The lowest BCUT2D eigenvalue weighted by atomic mass is 10.2. The van der Waals surface area contributed by atoms with Crippen molar-refractivity contribution in [3.63, 3.8) is 0 Å². The third-order valence-electron chi connectivity index (χ3n) is 4.16. The Morgan fingerprint density at radius 1 is 1.22 bits per heavy atom. The predicted octanol–water partition coefficient (Wildman–Crippen LogP) is 2.42. The second-order valence-electron chi connectivity index (χ2n) is 5.68. The molecule has 1 aliphatic heterocycles. The van der Waals surface area contributed by atoms with Gasteiger partial charge in [0.25, 0.3) is 5.91 Å². The average molecular weight is 331 g/mol. The Morgan fingerprint density at radius 2 is 1.91 bits per heavy atom. The van der Waals surface area contributed by atoms with Gasteiger partial charge in [-0.05, 0) is 24.6 Å². The van der Waals surface area contributed by atoms with E-state index in [9.17, 15) is 4.79 Å². The Labute approximate surface area is 140 Å². The second kappa shape index (κ2) is 7.10. The summed E-state index contributed by atoms with van der Waals surface area (Å²) in [7, 11) is 1.68. The van der Waals surface area contributed by atoms with Crippen molar-refractivity contribution in [2.24, 2.45) is 0 Å². The molecule has 1 fully saturated rings. The molecule has 0 atom stereocenters. The van der Waals surface area contributed by atoms with Crippen molar-refractivity contribution in [1.82, 2.24) is 14.8 Å². The van der Waals surface area contributed by atoms with Crippen LogP contribution in [-0.4, -0.2) is 54.0 Å². The quantitative estimate of drug-likeness (QED) is 0.863. The van der Waals surface area contributed by atoms with Crippen molar-refractivity contribution < 1.29 is 9.53 Å². The van der Waals surface area contributed by atoms with Crippen molar-refractivity contribution >= 4 is 17.2 Å². The summed E-state index contributed by atoms with van der Waals surface area (Å²) in [6.07, 6.45) is 0. The number of thiazole rings is 1. The van der Waals surface area contributed by atoms with E-state index in [0.29, 0.717) is 0 Å². The molecule has 1 aromatic heterocycles. The second-order valence-corrected chi connectivity index (χ2v) is 6.54. The van der Waals surface area contributed by atoms with Gasteiger partial charge in [0, 0.05) is 32.7 Å². The molecule has 1 aromatic carbocycles. The zero-order chi connectivity index (χ0) is 16.2. The van der Waals surface area contributed by atoms with E-state index in [1.54, 1.807) is 12.6 Å². The standard InChI is InChI=1S/C17H21N3O2S/c1-13-16(23-12-18-13)17(21)20-9-7-19(8-10-20)11-14-3-5-15(22-2)6-4-14/h3-6,12H,7-11H2,1-2H3. The number of benzene rings is 1.